The Labute approximate surface area is 154 Å². The van der Waals surface area contributed by atoms with Gasteiger partial charge in [-0.2, -0.15) is 4.99 Å². The monoisotopic (exact) mass is 357 g/mol. The molecule has 1 aromatic carbocycles. The SMILES string of the molecule is Cc1ccc(F)c(C(=O)/N=c2\cc(C(C)(C)C)n(C)n2CC2CCC2)c1. The van der Waals surface area contributed by atoms with Crippen LogP contribution in [0.3, 0.4) is 0 Å². The van der Waals surface area contributed by atoms with Crippen LogP contribution in [0.25, 0.3) is 0 Å². The van der Waals surface area contributed by atoms with Crippen LogP contribution in [0.4, 0.5) is 4.39 Å². The summed E-state index contributed by atoms with van der Waals surface area (Å²) >= 11 is 0. The van der Waals surface area contributed by atoms with Crippen molar-refractivity contribution in [2.24, 2.45) is 18.0 Å². The molecule has 4 nitrogen and oxygen atoms in total. The summed E-state index contributed by atoms with van der Waals surface area (Å²) in [5.74, 6) is -0.428. The summed E-state index contributed by atoms with van der Waals surface area (Å²) in [6.07, 6.45) is 3.69. The smallest absolute Gasteiger partial charge is 0.281 e. The summed E-state index contributed by atoms with van der Waals surface area (Å²) in [7, 11) is 2.01. The number of halogens is 1. The fourth-order valence-corrected chi connectivity index (χ4v) is 3.47. The van der Waals surface area contributed by atoms with Gasteiger partial charge in [0.25, 0.3) is 5.91 Å². The molecule has 3 rings (SSSR count). The van der Waals surface area contributed by atoms with Gasteiger partial charge in [-0.25, -0.2) is 4.39 Å². The number of carbonyl (C=O) groups is 1. The third-order valence-electron chi connectivity index (χ3n) is 5.23. The Morgan fingerprint density at radius 2 is 1.96 bits per heavy atom. The molecule has 0 aliphatic heterocycles. The van der Waals surface area contributed by atoms with Gasteiger partial charge in [-0.15, -0.1) is 0 Å². The van der Waals surface area contributed by atoms with E-state index in [1.807, 2.05) is 20.0 Å². The Hall–Kier alpha value is -2.17. The maximum Gasteiger partial charge on any atom is 0.281 e. The number of carbonyl (C=O) groups excluding carboxylic acids is 1. The highest BCUT2D eigenvalue weighted by molar-refractivity contribution is 5.95. The fourth-order valence-electron chi connectivity index (χ4n) is 3.47. The van der Waals surface area contributed by atoms with Crippen molar-refractivity contribution in [1.82, 2.24) is 9.36 Å². The van der Waals surface area contributed by atoms with Crippen LogP contribution in [0.15, 0.2) is 29.3 Å². The van der Waals surface area contributed by atoms with E-state index in [4.69, 9.17) is 0 Å². The third-order valence-corrected chi connectivity index (χ3v) is 5.23. The molecule has 140 valence electrons. The molecular formula is C21H28FN3O. The topological polar surface area (TPSA) is 39.3 Å². The molecule has 1 aliphatic rings. The number of benzene rings is 1. The minimum atomic E-state index is -0.528. The van der Waals surface area contributed by atoms with Gasteiger partial charge in [-0.05, 0) is 37.8 Å². The van der Waals surface area contributed by atoms with E-state index in [0.29, 0.717) is 11.4 Å². The van der Waals surface area contributed by atoms with Crippen LogP contribution in [-0.4, -0.2) is 15.3 Å². The highest BCUT2D eigenvalue weighted by atomic mass is 19.1. The van der Waals surface area contributed by atoms with Crippen molar-refractivity contribution in [2.45, 2.75) is 58.9 Å². The van der Waals surface area contributed by atoms with Crippen molar-refractivity contribution in [3.63, 3.8) is 0 Å². The minimum absolute atomic E-state index is 0.0290. The average Bonchev–Trinajstić information content (AvgIpc) is 2.81. The zero-order valence-electron chi connectivity index (χ0n) is 16.3. The van der Waals surface area contributed by atoms with Crippen LogP contribution in [0.2, 0.25) is 0 Å². The van der Waals surface area contributed by atoms with Gasteiger partial charge < -0.3 is 0 Å². The van der Waals surface area contributed by atoms with Gasteiger partial charge in [0.05, 0.1) is 5.56 Å². The predicted molar refractivity (Wildman–Crippen MR) is 100 cm³/mol. The van der Waals surface area contributed by atoms with Crippen molar-refractivity contribution in [2.75, 3.05) is 0 Å². The molecule has 1 aliphatic carbocycles. The van der Waals surface area contributed by atoms with E-state index < -0.39 is 11.7 Å². The van der Waals surface area contributed by atoms with Crippen LogP contribution >= 0.6 is 0 Å². The van der Waals surface area contributed by atoms with Crippen LogP contribution in [0.1, 0.15) is 61.6 Å². The van der Waals surface area contributed by atoms with Crippen LogP contribution in [-0.2, 0) is 19.0 Å². The Morgan fingerprint density at radius 1 is 1.27 bits per heavy atom. The highest BCUT2D eigenvalue weighted by Crippen LogP contribution is 2.28. The first kappa shape index (κ1) is 18.6. The Bertz CT molecular complexity index is 895. The number of rotatable bonds is 3. The second kappa shape index (κ2) is 6.86. The fraction of sp³-hybridized carbons (Fsp3) is 0.524. The zero-order valence-corrected chi connectivity index (χ0v) is 16.3. The molecule has 1 saturated carbocycles. The highest BCUT2D eigenvalue weighted by Gasteiger charge is 2.24. The Morgan fingerprint density at radius 3 is 2.54 bits per heavy atom. The lowest BCUT2D eigenvalue weighted by atomic mass is 9.85. The van der Waals surface area contributed by atoms with Crippen molar-refractivity contribution in [3.05, 3.63) is 52.4 Å². The molecule has 26 heavy (non-hydrogen) atoms. The Kier molecular flexibility index (Phi) is 4.91. The molecule has 0 atom stereocenters. The summed E-state index contributed by atoms with van der Waals surface area (Å²) < 4.78 is 18.2. The quantitative estimate of drug-likeness (QED) is 0.815. The van der Waals surface area contributed by atoms with Crippen molar-refractivity contribution in [1.29, 1.82) is 0 Å². The van der Waals surface area contributed by atoms with Crippen LogP contribution < -0.4 is 5.49 Å². The molecule has 1 aromatic heterocycles. The molecular weight excluding hydrogens is 329 g/mol. The van der Waals surface area contributed by atoms with Gasteiger partial charge in [0, 0.05) is 30.8 Å². The average molecular weight is 357 g/mol. The van der Waals surface area contributed by atoms with Crippen LogP contribution in [0.5, 0.6) is 0 Å². The predicted octanol–water partition coefficient (Wildman–Crippen LogP) is 4.11. The third kappa shape index (κ3) is 3.67. The van der Waals surface area contributed by atoms with Gasteiger partial charge in [-0.1, -0.05) is 38.8 Å². The Balaban J connectivity index is 2.08. The summed E-state index contributed by atoms with van der Waals surface area (Å²) in [4.78, 5) is 17.0. The normalized spacial score (nSPS) is 16.0. The maximum atomic E-state index is 14.1. The number of aromatic nitrogens is 2. The molecule has 5 heteroatoms. The van der Waals surface area contributed by atoms with Crippen LogP contribution in [0, 0.1) is 18.7 Å². The summed E-state index contributed by atoms with van der Waals surface area (Å²) in [5, 5.41) is 0. The molecule has 0 N–H and O–H groups in total. The van der Waals surface area contributed by atoms with Gasteiger partial charge >= 0.3 is 0 Å². The molecule has 0 radical (unpaired) electrons. The lowest BCUT2D eigenvalue weighted by Gasteiger charge is -2.27. The van der Waals surface area contributed by atoms with E-state index in [1.165, 1.54) is 25.3 Å². The maximum absolute atomic E-state index is 14.1. The minimum Gasteiger partial charge on any atom is -0.291 e. The summed E-state index contributed by atoms with van der Waals surface area (Å²) in [6.45, 7) is 9.10. The summed E-state index contributed by atoms with van der Waals surface area (Å²) in [6, 6.07) is 6.50. The van der Waals surface area contributed by atoms with Gasteiger partial charge in [-0.3, -0.25) is 14.2 Å². The molecule has 1 heterocycles. The molecule has 0 saturated heterocycles. The molecule has 0 spiro atoms. The molecule has 0 unspecified atom stereocenters. The molecule has 0 bridgehead atoms. The van der Waals surface area contributed by atoms with E-state index in [1.54, 1.807) is 12.1 Å². The number of aryl methyl sites for hydroxylation is 1. The van der Waals surface area contributed by atoms with Crippen molar-refractivity contribution in [3.8, 4) is 0 Å². The second-order valence-electron chi connectivity index (χ2n) is 8.44. The van der Waals surface area contributed by atoms with Gasteiger partial charge in [0.1, 0.15) is 5.82 Å². The van der Waals surface area contributed by atoms with E-state index >= 15 is 0 Å². The first-order valence-corrected chi connectivity index (χ1v) is 9.29. The second-order valence-corrected chi connectivity index (χ2v) is 8.44. The van der Waals surface area contributed by atoms with Gasteiger partial charge in [0.2, 0.25) is 0 Å². The van der Waals surface area contributed by atoms with E-state index in [0.717, 1.165) is 17.8 Å². The lowest BCUT2D eigenvalue weighted by Crippen LogP contribution is -2.30. The standard InChI is InChI=1S/C21H28FN3O/c1-14-9-10-17(22)16(11-14)20(26)23-19-12-18(21(2,3)4)24(5)25(19)13-15-7-6-8-15/h9-12,15H,6-8,13H2,1-5H3/b23-19+. The van der Waals surface area contributed by atoms with E-state index in [2.05, 4.69) is 35.1 Å². The van der Waals surface area contributed by atoms with E-state index in [9.17, 15) is 9.18 Å². The largest absolute Gasteiger partial charge is 0.291 e. The number of hydrogen-bond donors (Lipinski definition) is 0. The first-order chi connectivity index (χ1) is 12.2. The van der Waals surface area contributed by atoms with Crippen molar-refractivity contribution >= 4 is 5.91 Å². The number of hydrogen-bond acceptors (Lipinski definition) is 1. The first-order valence-electron chi connectivity index (χ1n) is 9.29. The summed E-state index contributed by atoms with van der Waals surface area (Å²) in [5.41, 5.74) is 2.52. The lowest BCUT2D eigenvalue weighted by molar-refractivity contribution is 0.0992. The molecule has 1 fully saturated rings. The van der Waals surface area contributed by atoms with Gasteiger partial charge in [0.15, 0.2) is 5.49 Å². The molecule has 1 amide bonds. The van der Waals surface area contributed by atoms with E-state index in [-0.39, 0.29) is 11.0 Å². The number of nitrogens with zero attached hydrogens (tertiary/aromatic N) is 3. The zero-order chi connectivity index (χ0) is 19.1. The molecule has 2 aromatic rings. The number of amides is 1. The van der Waals surface area contributed by atoms with Crippen molar-refractivity contribution < 1.29 is 9.18 Å².